The molecule has 2 amide bonds. The maximum absolute atomic E-state index is 12.4. The van der Waals surface area contributed by atoms with Gasteiger partial charge in [-0.2, -0.15) is 0 Å². The van der Waals surface area contributed by atoms with Crippen LogP contribution in [0.3, 0.4) is 0 Å². The van der Waals surface area contributed by atoms with Crippen molar-refractivity contribution in [1.82, 2.24) is 0 Å². The summed E-state index contributed by atoms with van der Waals surface area (Å²) in [6.45, 7) is 15.3. The number of benzene rings is 2. The van der Waals surface area contributed by atoms with E-state index >= 15 is 0 Å². The van der Waals surface area contributed by atoms with E-state index in [1.165, 1.54) is 18.1 Å². The van der Waals surface area contributed by atoms with Crippen LogP contribution < -0.4 is 15.4 Å². The van der Waals surface area contributed by atoms with Gasteiger partial charge in [-0.1, -0.05) is 65.3 Å². The van der Waals surface area contributed by atoms with Crippen LogP contribution in [0.25, 0.3) is 0 Å². The number of halogens is 1. The van der Waals surface area contributed by atoms with E-state index in [1.54, 1.807) is 18.2 Å². The van der Waals surface area contributed by atoms with Crippen LogP contribution in [0.15, 0.2) is 36.4 Å². The van der Waals surface area contributed by atoms with Gasteiger partial charge in [0.05, 0.1) is 17.3 Å². The van der Waals surface area contributed by atoms with Crippen LogP contribution in [0.1, 0.15) is 85.3 Å². The van der Waals surface area contributed by atoms with Crippen LogP contribution in [0.5, 0.6) is 5.75 Å². The second-order valence-corrected chi connectivity index (χ2v) is 10.5. The van der Waals surface area contributed by atoms with E-state index in [0.29, 0.717) is 35.8 Å². The Morgan fingerprint density at radius 3 is 2.24 bits per heavy atom. The van der Waals surface area contributed by atoms with E-state index in [1.807, 2.05) is 0 Å². The fourth-order valence-corrected chi connectivity index (χ4v) is 3.69. The van der Waals surface area contributed by atoms with E-state index in [4.69, 9.17) is 16.3 Å². The van der Waals surface area contributed by atoms with Gasteiger partial charge in [0, 0.05) is 24.6 Å². The Morgan fingerprint density at radius 2 is 1.62 bits per heavy atom. The molecule has 2 aromatic carbocycles. The molecule has 0 bridgehead atoms. The lowest BCUT2D eigenvalue weighted by Gasteiger charge is -2.30. The van der Waals surface area contributed by atoms with Crippen molar-refractivity contribution in [3.05, 3.63) is 52.5 Å². The van der Waals surface area contributed by atoms with E-state index in [-0.39, 0.29) is 22.6 Å². The van der Waals surface area contributed by atoms with Crippen molar-refractivity contribution in [3.63, 3.8) is 0 Å². The first-order valence-electron chi connectivity index (χ1n) is 12.0. The Hall–Kier alpha value is -2.53. The predicted molar refractivity (Wildman–Crippen MR) is 142 cm³/mol. The Bertz CT molecular complexity index is 1010. The average Bonchev–Trinajstić information content (AvgIpc) is 2.78. The quantitative estimate of drug-likeness (QED) is 0.323. The molecule has 0 unspecified atom stereocenters. The first-order valence-corrected chi connectivity index (χ1v) is 12.4. The first kappa shape index (κ1) is 27.7. The predicted octanol–water partition coefficient (Wildman–Crippen LogP) is 7.47. The van der Waals surface area contributed by atoms with Gasteiger partial charge >= 0.3 is 0 Å². The minimum atomic E-state index is -0.223. The number of carbonyl (C=O) groups is 2. The lowest BCUT2D eigenvalue weighted by molar-refractivity contribution is -0.116. The molecule has 2 aromatic rings. The number of amides is 2. The van der Waals surface area contributed by atoms with Crippen molar-refractivity contribution in [2.75, 3.05) is 17.2 Å². The maximum Gasteiger partial charge on any atom is 0.224 e. The topological polar surface area (TPSA) is 67.4 Å². The highest BCUT2D eigenvalue weighted by molar-refractivity contribution is 6.33. The first-order chi connectivity index (χ1) is 15.9. The van der Waals surface area contributed by atoms with Gasteiger partial charge in [-0.15, -0.1) is 0 Å². The summed E-state index contributed by atoms with van der Waals surface area (Å²) >= 11 is 6.09. The lowest BCUT2D eigenvalue weighted by atomic mass is 9.76. The number of anilines is 2. The molecule has 5 nitrogen and oxygen atoms in total. The molecule has 2 rings (SSSR count). The summed E-state index contributed by atoms with van der Waals surface area (Å²) in [5, 5.41) is 5.92. The van der Waals surface area contributed by atoms with E-state index in [2.05, 4.69) is 70.4 Å². The van der Waals surface area contributed by atoms with Gasteiger partial charge in [0.25, 0.3) is 0 Å². The standard InChI is InChI=1S/C28H39ClN2O3/c1-8-27(4,5)20-12-15-25(22(17-20)28(6,7)9-2)34-16-10-11-26(33)31-21-13-14-23(29)24(18-21)30-19(3)32/h12-15,17-18H,8-11,16H2,1-7H3,(H,30,32)(H,31,33). The zero-order valence-corrected chi connectivity index (χ0v) is 22.4. The maximum atomic E-state index is 12.4. The molecule has 0 aliphatic heterocycles. The number of hydrogen-bond acceptors (Lipinski definition) is 3. The third-order valence-corrected chi connectivity index (χ3v) is 6.95. The minimum Gasteiger partial charge on any atom is -0.493 e. The zero-order valence-electron chi connectivity index (χ0n) is 21.6. The van der Waals surface area contributed by atoms with E-state index < -0.39 is 0 Å². The van der Waals surface area contributed by atoms with Crippen LogP contribution in [0.2, 0.25) is 5.02 Å². The summed E-state index contributed by atoms with van der Waals surface area (Å²) in [6, 6.07) is 11.5. The molecule has 0 saturated carbocycles. The van der Waals surface area contributed by atoms with Gasteiger partial charge in [-0.3, -0.25) is 9.59 Å². The molecule has 0 heterocycles. The van der Waals surface area contributed by atoms with Crippen LogP contribution in [-0.4, -0.2) is 18.4 Å². The summed E-state index contributed by atoms with van der Waals surface area (Å²) in [5.74, 6) is 0.550. The summed E-state index contributed by atoms with van der Waals surface area (Å²) < 4.78 is 6.16. The van der Waals surface area contributed by atoms with Crippen molar-refractivity contribution < 1.29 is 14.3 Å². The van der Waals surface area contributed by atoms with Gasteiger partial charge < -0.3 is 15.4 Å². The molecule has 0 spiro atoms. The van der Waals surface area contributed by atoms with Gasteiger partial charge in [-0.05, 0) is 59.9 Å². The largest absolute Gasteiger partial charge is 0.493 e. The van der Waals surface area contributed by atoms with Crippen LogP contribution in [0, 0.1) is 0 Å². The number of rotatable bonds is 11. The van der Waals surface area contributed by atoms with Crippen LogP contribution in [0.4, 0.5) is 11.4 Å². The Kier molecular flexibility index (Phi) is 9.57. The molecule has 0 aliphatic rings. The van der Waals surface area contributed by atoms with Gasteiger partial charge in [-0.25, -0.2) is 0 Å². The zero-order chi connectivity index (χ0) is 25.5. The third kappa shape index (κ3) is 7.49. The fourth-order valence-electron chi connectivity index (χ4n) is 3.53. The highest BCUT2D eigenvalue weighted by Gasteiger charge is 2.26. The normalized spacial score (nSPS) is 11.8. The van der Waals surface area contributed by atoms with Crippen molar-refractivity contribution in [3.8, 4) is 5.75 Å². The molecule has 6 heteroatoms. The second-order valence-electron chi connectivity index (χ2n) is 10.1. The number of hydrogen-bond donors (Lipinski definition) is 2. The second kappa shape index (κ2) is 11.7. The van der Waals surface area contributed by atoms with Crippen molar-refractivity contribution in [2.24, 2.45) is 0 Å². The fraction of sp³-hybridized carbons (Fsp3) is 0.500. The molecule has 0 saturated heterocycles. The number of carbonyl (C=O) groups excluding carboxylic acids is 2. The molecule has 2 N–H and O–H groups in total. The Labute approximate surface area is 209 Å². The molecule has 0 atom stereocenters. The number of nitrogens with one attached hydrogen (secondary N) is 2. The van der Waals surface area contributed by atoms with Crippen molar-refractivity contribution >= 4 is 34.8 Å². The summed E-state index contributed by atoms with van der Waals surface area (Å²) in [5.41, 5.74) is 3.69. The SMILES string of the molecule is CCC(C)(C)c1ccc(OCCCC(=O)Nc2ccc(Cl)c(NC(C)=O)c2)c(C(C)(C)CC)c1. The number of ether oxygens (including phenoxy) is 1. The third-order valence-electron chi connectivity index (χ3n) is 6.62. The van der Waals surface area contributed by atoms with Crippen LogP contribution >= 0.6 is 11.6 Å². The smallest absolute Gasteiger partial charge is 0.224 e. The van der Waals surface area contributed by atoms with E-state index in [9.17, 15) is 9.59 Å². The van der Waals surface area contributed by atoms with Gasteiger partial charge in [0.2, 0.25) is 11.8 Å². The summed E-state index contributed by atoms with van der Waals surface area (Å²) in [4.78, 5) is 23.7. The molecule has 0 fully saturated rings. The van der Waals surface area contributed by atoms with E-state index in [0.717, 1.165) is 18.6 Å². The molecular weight excluding hydrogens is 448 g/mol. The van der Waals surface area contributed by atoms with Gasteiger partial charge in [0.15, 0.2) is 0 Å². The van der Waals surface area contributed by atoms with Crippen molar-refractivity contribution in [1.29, 1.82) is 0 Å². The molecular formula is C28H39ClN2O3. The monoisotopic (exact) mass is 486 g/mol. The summed E-state index contributed by atoms with van der Waals surface area (Å²) in [6.07, 6.45) is 2.98. The highest BCUT2D eigenvalue weighted by Crippen LogP contribution is 2.38. The summed E-state index contributed by atoms with van der Waals surface area (Å²) in [7, 11) is 0. The van der Waals surface area contributed by atoms with Crippen LogP contribution in [-0.2, 0) is 20.4 Å². The van der Waals surface area contributed by atoms with Gasteiger partial charge in [0.1, 0.15) is 5.75 Å². The minimum absolute atomic E-state index is 0.00720. The average molecular weight is 487 g/mol. The highest BCUT2D eigenvalue weighted by atomic mass is 35.5. The Balaban J connectivity index is 2.00. The Morgan fingerprint density at radius 1 is 0.941 bits per heavy atom. The molecule has 186 valence electrons. The molecule has 0 radical (unpaired) electrons. The molecule has 34 heavy (non-hydrogen) atoms. The molecule has 0 aliphatic carbocycles. The molecule has 0 aromatic heterocycles. The lowest BCUT2D eigenvalue weighted by Crippen LogP contribution is -2.21. The van der Waals surface area contributed by atoms with Crippen molar-refractivity contribution in [2.45, 2.75) is 85.0 Å².